The summed E-state index contributed by atoms with van der Waals surface area (Å²) in [7, 11) is 2.01. The van der Waals surface area contributed by atoms with Crippen molar-refractivity contribution < 1.29 is 9.21 Å². The van der Waals surface area contributed by atoms with Gasteiger partial charge in [-0.15, -0.1) is 0 Å². The monoisotopic (exact) mass is 400 g/mol. The number of aliphatic imine (C=N–C) groups is 1. The summed E-state index contributed by atoms with van der Waals surface area (Å²) < 4.78 is 7.23. The van der Waals surface area contributed by atoms with Crippen LogP contribution in [0.4, 0.5) is 0 Å². The van der Waals surface area contributed by atoms with Crippen LogP contribution in [0.15, 0.2) is 27.8 Å². The quantitative estimate of drug-likeness (QED) is 0.593. The number of carbonyl (C=O) groups is 1. The summed E-state index contributed by atoms with van der Waals surface area (Å²) >= 11 is 0. The normalized spacial score (nSPS) is 15.1. The number of aryl methyl sites for hydroxylation is 2. The molecule has 1 saturated heterocycles. The number of nitrogens with zero attached hydrogens (tertiary/aromatic N) is 5. The number of piperazine rings is 1. The minimum absolute atomic E-state index is 0.0490. The summed E-state index contributed by atoms with van der Waals surface area (Å²) in [5, 5.41) is 8.05. The summed E-state index contributed by atoms with van der Waals surface area (Å²) in [6.07, 6.45) is 3.38. The SMILES string of the molecule is CCNC(=NCc1c(CC)nn(C)c1CC)N1CCN(C(=O)c2ccco2)CC1. The summed E-state index contributed by atoms with van der Waals surface area (Å²) in [4.78, 5) is 21.5. The van der Waals surface area contributed by atoms with Gasteiger partial charge in [0.05, 0.1) is 18.5 Å². The van der Waals surface area contributed by atoms with E-state index in [9.17, 15) is 4.79 Å². The molecule has 3 heterocycles. The van der Waals surface area contributed by atoms with Gasteiger partial charge >= 0.3 is 0 Å². The fourth-order valence-corrected chi connectivity index (χ4v) is 3.83. The summed E-state index contributed by atoms with van der Waals surface area (Å²) in [5.41, 5.74) is 3.60. The van der Waals surface area contributed by atoms with Crippen LogP contribution in [-0.4, -0.2) is 64.2 Å². The van der Waals surface area contributed by atoms with Crippen molar-refractivity contribution in [2.75, 3.05) is 32.7 Å². The number of aromatic nitrogens is 2. The number of carbonyl (C=O) groups excluding carboxylic acids is 1. The second-order valence-electron chi connectivity index (χ2n) is 7.13. The van der Waals surface area contributed by atoms with Crippen LogP contribution >= 0.6 is 0 Å². The molecule has 1 aliphatic rings. The molecule has 0 unspecified atom stereocenters. The Morgan fingerprint density at radius 2 is 1.90 bits per heavy atom. The van der Waals surface area contributed by atoms with E-state index in [0.717, 1.165) is 44.1 Å². The highest BCUT2D eigenvalue weighted by molar-refractivity contribution is 5.91. The van der Waals surface area contributed by atoms with E-state index >= 15 is 0 Å². The highest BCUT2D eigenvalue weighted by Gasteiger charge is 2.25. The Hall–Kier alpha value is -2.77. The zero-order chi connectivity index (χ0) is 20.8. The first kappa shape index (κ1) is 21.0. The predicted molar refractivity (Wildman–Crippen MR) is 113 cm³/mol. The van der Waals surface area contributed by atoms with E-state index in [4.69, 9.17) is 9.41 Å². The van der Waals surface area contributed by atoms with Crippen LogP contribution < -0.4 is 5.32 Å². The van der Waals surface area contributed by atoms with Crippen LogP contribution in [0.25, 0.3) is 0 Å². The molecule has 1 N–H and O–H groups in total. The van der Waals surface area contributed by atoms with Crippen molar-refractivity contribution in [3.63, 3.8) is 0 Å². The van der Waals surface area contributed by atoms with Crippen LogP contribution in [0, 0.1) is 0 Å². The maximum absolute atomic E-state index is 12.5. The Kier molecular flexibility index (Phi) is 6.95. The van der Waals surface area contributed by atoms with Gasteiger partial charge in [0, 0.05) is 51.0 Å². The van der Waals surface area contributed by atoms with Gasteiger partial charge in [-0.2, -0.15) is 5.10 Å². The van der Waals surface area contributed by atoms with Gasteiger partial charge in [-0.05, 0) is 31.9 Å². The van der Waals surface area contributed by atoms with Crippen molar-refractivity contribution in [3.8, 4) is 0 Å². The van der Waals surface area contributed by atoms with Gasteiger partial charge in [-0.1, -0.05) is 13.8 Å². The molecule has 1 aliphatic heterocycles. The third kappa shape index (κ3) is 4.63. The number of amides is 1. The average Bonchev–Trinajstić information content (AvgIpc) is 3.38. The molecule has 29 heavy (non-hydrogen) atoms. The Labute approximate surface area is 172 Å². The van der Waals surface area contributed by atoms with E-state index in [1.54, 1.807) is 12.1 Å². The molecule has 0 radical (unpaired) electrons. The number of hydrogen-bond acceptors (Lipinski definition) is 4. The van der Waals surface area contributed by atoms with Crippen molar-refractivity contribution in [1.29, 1.82) is 0 Å². The molecule has 3 rings (SSSR count). The van der Waals surface area contributed by atoms with Gasteiger partial charge < -0.3 is 19.5 Å². The molecular formula is C21H32N6O2. The van der Waals surface area contributed by atoms with Crippen molar-refractivity contribution in [3.05, 3.63) is 41.1 Å². The molecule has 158 valence electrons. The lowest BCUT2D eigenvalue weighted by molar-refractivity contribution is 0.0657. The zero-order valence-corrected chi connectivity index (χ0v) is 17.9. The van der Waals surface area contributed by atoms with Gasteiger partial charge in [0.2, 0.25) is 0 Å². The smallest absolute Gasteiger partial charge is 0.289 e. The lowest BCUT2D eigenvalue weighted by Gasteiger charge is -2.36. The zero-order valence-electron chi connectivity index (χ0n) is 17.9. The van der Waals surface area contributed by atoms with Gasteiger partial charge in [0.1, 0.15) is 0 Å². The number of furan rings is 1. The van der Waals surface area contributed by atoms with Crippen LogP contribution in [0.5, 0.6) is 0 Å². The fraction of sp³-hybridized carbons (Fsp3) is 0.571. The molecule has 0 spiro atoms. The Morgan fingerprint density at radius 1 is 1.17 bits per heavy atom. The molecular weight excluding hydrogens is 368 g/mol. The number of rotatable bonds is 6. The molecule has 0 bridgehead atoms. The van der Waals surface area contributed by atoms with Crippen molar-refractivity contribution >= 4 is 11.9 Å². The van der Waals surface area contributed by atoms with Crippen LogP contribution in [0.2, 0.25) is 0 Å². The van der Waals surface area contributed by atoms with Crippen LogP contribution in [0.1, 0.15) is 48.3 Å². The molecule has 8 nitrogen and oxygen atoms in total. The summed E-state index contributed by atoms with van der Waals surface area (Å²) in [6.45, 7) is 10.6. The first-order chi connectivity index (χ1) is 14.1. The van der Waals surface area contributed by atoms with Crippen molar-refractivity contribution in [1.82, 2.24) is 24.9 Å². The molecule has 0 saturated carbocycles. The fourth-order valence-electron chi connectivity index (χ4n) is 3.83. The summed E-state index contributed by atoms with van der Waals surface area (Å²) in [6, 6.07) is 3.46. The van der Waals surface area contributed by atoms with E-state index in [1.165, 1.54) is 17.5 Å². The van der Waals surface area contributed by atoms with E-state index < -0.39 is 0 Å². The van der Waals surface area contributed by atoms with Gasteiger partial charge in [0.25, 0.3) is 5.91 Å². The third-order valence-corrected chi connectivity index (χ3v) is 5.35. The van der Waals surface area contributed by atoms with E-state index in [2.05, 4.69) is 36.1 Å². The highest BCUT2D eigenvalue weighted by Crippen LogP contribution is 2.17. The molecule has 8 heteroatoms. The number of nitrogens with one attached hydrogen (secondary N) is 1. The maximum Gasteiger partial charge on any atom is 0.289 e. The lowest BCUT2D eigenvalue weighted by atomic mass is 10.1. The molecule has 1 amide bonds. The van der Waals surface area contributed by atoms with Gasteiger partial charge in [0.15, 0.2) is 11.7 Å². The minimum Gasteiger partial charge on any atom is -0.459 e. The van der Waals surface area contributed by atoms with Crippen LogP contribution in [0.3, 0.4) is 0 Å². The Morgan fingerprint density at radius 3 is 2.48 bits per heavy atom. The van der Waals surface area contributed by atoms with Gasteiger partial charge in [-0.3, -0.25) is 9.48 Å². The topological polar surface area (TPSA) is 78.9 Å². The predicted octanol–water partition coefficient (Wildman–Crippen LogP) is 2.06. The number of hydrogen-bond donors (Lipinski definition) is 1. The lowest BCUT2D eigenvalue weighted by Crippen LogP contribution is -2.53. The molecule has 1 fully saturated rings. The average molecular weight is 401 g/mol. The van der Waals surface area contributed by atoms with Crippen molar-refractivity contribution in [2.24, 2.45) is 12.0 Å². The standard InChI is InChI=1S/C21H32N6O2/c1-5-17-16(18(6-2)25(4)24-17)15-23-21(22-7-3)27-12-10-26(11-13-27)20(28)19-9-8-14-29-19/h8-9,14H,5-7,10-13,15H2,1-4H3,(H,22,23). The second kappa shape index (κ2) is 9.62. The molecule has 0 aromatic carbocycles. The molecule has 0 atom stereocenters. The summed E-state index contributed by atoms with van der Waals surface area (Å²) in [5.74, 6) is 1.24. The van der Waals surface area contributed by atoms with Crippen molar-refractivity contribution in [2.45, 2.75) is 40.2 Å². The first-order valence-electron chi connectivity index (χ1n) is 10.5. The largest absolute Gasteiger partial charge is 0.459 e. The van der Waals surface area contributed by atoms with Crippen LogP contribution in [-0.2, 0) is 26.4 Å². The first-order valence-corrected chi connectivity index (χ1v) is 10.5. The second-order valence-corrected chi connectivity index (χ2v) is 7.13. The molecule has 2 aromatic rings. The minimum atomic E-state index is -0.0490. The molecule has 2 aromatic heterocycles. The van der Waals surface area contributed by atoms with E-state index in [1.807, 2.05) is 16.6 Å². The Bertz CT molecular complexity index is 832. The highest BCUT2D eigenvalue weighted by atomic mass is 16.3. The molecule has 0 aliphatic carbocycles. The Balaban J connectivity index is 1.68. The number of guanidine groups is 1. The third-order valence-electron chi connectivity index (χ3n) is 5.35. The van der Waals surface area contributed by atoms with E-state index in [-0.39, 0.29) is 5.91 Å². The van der Waals surface area contributed by atoms with Gasteiger partial charge in [-0.25, -0.2) is 4.99 Å². The maximum atomic E-state index is 12.5. The van der Waals surface area contributed by atoms with E-state index in [0.29, 0.717) is 25.4 Å².